The second-order valence-corrected chi connectivity index (χ2v) is 4.02. The highest BCUT2D eigenvalue weighted by molar-refractivity contribution is 5.04. The van der Waals surface area contributed by atoms with E-state index in [1.807, 2.05) is 0 Å². The highest BCUT2D eigenvalue weighted by Gasteiger charge is 1.98. The minimum absolute atomic E-state index is 0.282. The summed E-state index contributed by atoms with van der Waals surface area (Å²) in [5.41, 5.74) is 0.884. The summed E-state index contributed by atoms with van der Waals surface area (Å²) in [4.78, 5) is 6.40. The van der Waals surface area contributed by atoms with Crippen molar-refractivity contribution in [1.29, 1.82) is 0 Å². The number of pyridine rings is 1. The van der Waals surface area contributed by atoms with Crippen LogP contribution < -0.4 is 5.32 Å². The molecule has 4 heteroatoms. The second kappa shape index (κ2) is 8.14. The normalized spacial score (nSPS) is 11.1. The number of rotatable bonds is 8. The zero-order valence-electron chi connectivity index (χ0n) is 10.7. The zero-order chi connectivity index (χ0) is 12.5. The monoisotopic (exact) mass is 239 g/mol. The van der Waals surface area contributed by atoms with Gasteiger partial charge < -0.3 is 10.2 Å². The van der Waals surface area contributed by atoms with Gasteiger partial charge in [-0.25, -0.2) is 4.39 Å². The molecule has 0 saturated carbocycles. The molecule has 1 N–H and O–H groups in total. The van der Waals surface area contributed by atoms with Gasteiger partial charge >= 0.3 is 0 Å². The molecule has 0 aromatic carbocycles. The van der Waals surface area contributed by atoms with E-state index in [2.05, 4.69) is 29.0 Å². The van der Waals surface area contributed by atoms with E-state index in [9.17, 15) is 4.39 Å². The first kappa shape index (κ1) is 14.1. The maximum absolute atomic E-state index is 12.6. The van der Waals surface area contributed by atoms with Gasteiger partial charge in [0.2, 0.25) is 0 Å². The Balaban J connectivity index is 2.10. The van der Waals surface area contributed by atoms with E-state index in [1.165, 1.54) is 12.3 Å². The van der Waals surface area contributed by atoms with Crippen LogP contribution in [-0.2, 0) is 6.54 Å². The van der Waals surface area contributed by atoms with Crippen molar-refractivity contribution in [2.75, 3.05) is 26.2 Å². The largest absolute Gasteiger partial charge is 0.311 e. The molecule has 0 bridgehead atoms. The fourth-order valence-electron chi connectivity index (χ4n) is 1.69. The lowest BCUT2D eigenvalue weighted by Crippen LogP contribution is -2.27. The fraction of sp³-hybridized carbons (Fsp3) is 0.615. The van der Waals surface area contributed by atoms with Crippen LogP contribution in [0.4, 0.5) is 4.39 Å². The summed E-state index contributed by atoms with van der Waals surface area (Å²) in [5, 5.41) is 3.31. The first-order valence-electron chi connectivity index (χ1n) is 6.29. The Labute approximate surface area is 103 Å². The van der Waals surface area contributed by atoms with Crippen molar-refractivity contribution in [1.82, 2.24) is 15.2 Å². The van der Waals surface area contributed by atoms with Crippen LogP contribution in [0, 0.1) is 5.82 Å². The quantitative estimate of drug-likeness (QED) is 0.704. The van der Waals surface area contributed by atoms with E-state index >= 15 is 0 Å². The summed E-state index contributed by atoms with van der Waals surface area (Å²) in [6.45, 7) is 9.37. The molecule has 0 aliphatic rings. The smallest absolute Gasteiger partial charge is 0.141 e. The molecule has 17 heavy (non-hydrogen) atoms. The highest BCUT2D eigenvalue weighted by atomic mass is 19.1. The first-order chi connectivity index (χ1) is 8.26. The lowest BCUT2D eigenvalue weighted by molar-refractivity contribution is 0.298. The minimum atomic E-state index is -0.282. The molecule has 0 aliphatic heterocycles. The summed E-state index contributed by atoms with van der Waals surface area (Å²) < 4.78 is 12.6. The summed E-state index contributed by atoms with van der Waals surface area (Å²) >= 11 is 0. The van der Waals surface area contributed by atoms with Crippen LogP contribution in [0.5, 0.6) is 0 Å². The minimum Gasteiger partial charge on any atom is -0.311 e. The second-order valence-electron chi connectivity index (χ2n) is 4.02. The molecular weight excluding hydrogens is 217 g/mol. The van der Waals surface area contributed by atoms with Crippen LogP contribution in [0.2, 0.25) is 0 Å². The standard InChI is InChI=1S/C13H22FN3/c1-3-17(4-2)9-5-8-15-11-13-7-6-12(14)10-16-13/h6-7,10,15H,3-5,8-9,11H2,1-2H3. The Morgan fingerprint density at radius 1 is 1.29 bits per heavy atom. The average Bonchev–Trinajstić information content (AvgIpc) is 2.36. The van der Waals surface area contributed by atoms with Crippen molar-refractivity contribution in [3.05, 3.63) is 29.8 Å². The van der Waals surface area contributed by atoms with Gasteiger partial charge in [-0.05, 0) is 44.7 Å². The van der Waals surface area contributed by atoms with Crippen LogP contribution in [-0.4, -0.2) is 36.1 Å². The van der Waals surface area contributed by atoms with Gasteiger partial charge in [0, 0.05) is 6.54 Å². The topological polar surface area (TPSA) is 28.2 Å². The Kier molecular flexibility index (Phi) is 6.74. The molecule has 3 nitrogen and oxygen atoms in total. The zero-order valence-corrected chi connectivity index (χ0v) is 10.7. The summed E-state index contributed by atoms with van der Waals surface area (Å²) in [6, 6.07) is 3.16. The summed E-state index contributed by atoms with van der Waals surface area (Å²) in [5.74, 6) is -0.282. The number of nitrogens with zero attached hydrogens (tertiary/aromatic N) is 2. The van der Waals surface area contributed by atoms with Gasteiger partial charge in [0.15, 0.2) is 0 Å². The fourth-order valence-corrected chi connectivity index (χ4v) is 1.69. The molecule has 0 radical (unpaired) electrons. The number of hydrogen-bond acceptors (Lipinski definition) is 3. The predicted molar refractivity (Wildman–Crippen MR) is 68.3 cm³/mol. The van der Waals surface area contributed by atoms with Crippen molar-refractivity contribution in [2.45, 2.75) is 26.8 Å². The third-order valence-corrected chi connectivity index (χ3v) is 2.82. The SMILES string of the molecule is CCN(CC)CCCNCc1ccc(F)cn1. The summed E-state index contributed by atoms with van der Waals surface area (Å²) in [7, 11) is 0. The van der Waals surface area contributed by atoms with Gasteiger partial charge in [0.05, 0.1) is 11.9 Å². The molecule has 0 spiro atoms. The lowest BCUT2D eigenvalue weighted by Gasteiger charge is -2.17. The molecule has 1 aromatic rings. The van der Waals surface area contributed by atoms with Crippen LogP contribution in [0.3, 0.4) is 0 Å². The van der Waals surface area contributed by atoms with Gasteiger partial charge in [-0.15, -0.1) is 0 Å². The molecule has 0 saturated heterocycles. The number of halogens is 1. The number of aromatic nitrogens is 1. The van der Waals surface area contributed by atoms with Crippen LogP contribution >= 0.6 is 0 Å². The summed E-state index contributed by atoms with van der Waals surface area (Å²) in [6.07, 6.45) is 2.38. The van der Waals surface area contributed by atoms with E-state index in [1.54, 1.807) is 6.07 Å². The third-order valence-electron chi connectivity index (χ3n) is 2.82. The Morgan fingerprint density at radius 2 is 2.06 bits per heavy atom. The van der Waals surface area contributed by atoms with Gasteiger partial charge in [0.25, 0.3) is 0 Å². The highest BCUT2D eigenvalue weighted by Crippen LogP contribution is 1.97. The van der Waals surface area contributed by atoms with E-state index in [-0.39, 0.29) is 5.82 Å². The maximum Gasteiger partial charge on any atom is 0.141 e. The van der Waals surface area contributed by atoms with E-state index in [4.69, 9.17) is 0 Å². The van der Waals surface area contributed by atoms with Crippen molar-refractivity contribution < 1.29 is 4.39 Å². The predicted octanol–water partition coefficient (Wildman–Crippen LogP) is 2.04. The van der Waals surface area contributed by atoms with Crippen LogP contribution in [0.25, 0.3) is 0 Å². The number of nitrogens with one attached hydrogen (secondary N) is 1. The third kappa shape index (κ3) is 5.75. The van der Waals surface area contributed by atoms with Crippen molar-refractivity contribution >= 4 is 0 Å². The molecular formula is C13H22FN3. The molecule has 1 rings (SSSR count). The van der Waals surface area contributed by atoms with E-state index < -0.39 is 0 Å². The Bertz CT molecular complexity index is 296. The van der Waals surface area contributed by atoms with Gasteiger partial charge in [-0.2, -0.15) is 0 Å². The molecule has 96 valence electrons. The van der Waals surface area contributed by atoms with Gasteiger partial charge in [-0.1, -0.05) is 13.8 Å². The molecule has 0 amide bonds. The van der Waals surface area contributed by atoms with Gasteiger partial charge in [-0.3, -0.25) is 4.98 Å². The molecule has 1 aromatic heterocycles. The van der Waals surface area contributed by atoms with Gasteiger partial charge in [0.1, 0.15) is 5.82 Å². The Morgan fingerprint density at radius 3 is 2.65 bits per heavy atom. The molecule has 0 aliphatic carbocycles. The van der Waals surface area contributed by atoms with E-state index in [0.717, 1.165) is 38.3 Å². The lowest BCUT2D eigenvalue weighted by atomic mass is 10.3. The molecule has 0 fully saturated rings. The van der Waals surface area contributed by atoms with Crippen molar-refractivity contribution in [2.24, 2.45) is 0 Å². The molecule has 0 unspecified atom stereocenters. The van der Waals surface area contributed by atoms with Crippen molar-refractivity contribution in [3.8, 4) is 0 Å². The number of hydrogen-bond donors (Lipinski definition) is 1. The average molecular weight is 239 g/mol. The van der Waals surface area contributed by atoms with Crippen LogP contribution in [0.15, 0.2) is 18.3 Å². The Hall–Kier alpha value is -1.00. The molecule has 1 heterocycles. The molecule has 0 atom stereocenters. The van der Waals surface area contributed by atoms with Crippen molar-refractivity contribution in [3.63, 3.8) is 0 Å². The first-order valence-corrected chi connectivity index (χ1v) is 6.29. The maximum atomic E-state index is 12.6. The van der Waals surface area contributed by atoms with E-state index in [0.29, 0.717) is 6.54 Å². The van der Waals surface area contributed by atoms with Crippen LogP contribution in [0.1, 0.15) is 26.0 Å².